The summed E-state index contributed by atoms with van der Waals surface area (Å²) in [5.41, 5.74) is 1.16. The van der Waals surface area contributed by atoms with Crippen molar-refractivity contribution in [1.29, 1.82) is 0 Å². The highest BCUT2D eigenvalue weighted by molar-refractivity contribution is 14.1. The predicted molar refractivity (Wildman–Crippen MR) is 70.0 cm³/mol. The van der Waals surface area contributed by atoms with E-state index in [0.29, 0.717) is 0 Å². The number of aryl methyl sites for hydroxylation is 2. The minimum Gasteiger partial charge on any atom is -0.336 e. The third kappa shape index (κ3) is 2.69. The molecule has 14 heavy (non-hydrogen) atoms. The lowest BCUT2D eigenvalue weighted by Gasteiger charge is -1.98. The average Bonchev–Trinajstić information content (AvgIpc) is 2.72. The Labute approximate surface area is 109 Å². The molecule has 0 amide bonds. The highest BCUT2D eigenvalue weighted by Gasteiger charge is 1.99. The van der Waals surface area contributed by atoms with Crippen molar-refractivity contribution in [1.82, 2.24) is 19.7 Å². The van der Waals surface area contributed by atoms with E-state index >= 15 is 0 Å². The van der Waals surface area contributed by atoms with E-state index in [-0.39, 0.29) is 0 Å². The van der Waals surface area contributed by atoms with Gasteiger partial charge in [0.15, 0.2) is 0 Å². The van der Waals surface area contributed by atoms with Gasteiger partial charge in [0.2, 0.25) is 0 Å². The largest absolute Gasteiger partial charge is 0.336 e. The Morgan fingerprint density at radius 1 is 1.36 bits per heavy atom. The topological polar surface area (TPSA) is 46.5 Å². The summed E-state index contributed by atoms with van der Waals surface area (Å²) in [6.45, 7) is 0.939. The molecule has 0 aliphatic rings. The Hall–Kier alpha value is -0.120. The molecule has 0 atom stereocenters. The summed E-state index contributed by atoms with van der Waals surface area (Å²) in [4.78, 5) is 4.16. The number of aromatic amines is 1. The lowest BCUT2D eigenvalue weighted by Crippen LogP contribution is -1.98. The van der Waals surface area contributed by atoms with Gasteiger partial charge in [-0.2, -0.15) is 5.10 Å². The maximum absolute atomic E-state index is 4.16. The van der Waals surface area contributed by atoms with Crippen molar-refractivity contribution in [2.45, 2.75) is 13.0 Å². The molecule has 0 aromatic carbocycles. The van der Waals surface area contributed by atoms with Gasteiger partial charge in [-0.1, -0.05) is 0 Å². The van der Waals surface area contributed by atoms with Gasteiger partial charge in [0.25, 0.3) is 0 Å². The monoisotopic (exact) mass is 414 g/mol. The van der Waals surface area contributed by atoms with E-state index in [4.69, 9.17) is 0 Å². The smallest absolute Gasteiger partial charge is 0.123 e. The summed E-state index contributed by atoms with van der Waals surface area (Å²) in [5, 5.41) is 7.06. The first-order chi connectivity index (χ1) is 6.74. The van der Waals surface area contributed by atoms with Gasteiger partial charge in [-0.05, 0) is 51.2 Å². The molecule has 6 heteroatoms. The molecule has 0 aliphatic heterocycles. The van der Waals surface area contributed by atoms with E-state index in [1.807, 2.05) is 12.5 Å². The Kier molecular flexibility index (Phi) is 3.42. The van der Waals surface area contributed by atoms with Crippen LogP contribution in [0.15, 0.2) is 18.6 Å². The standard InChI is InChI=1S/C8H8I2N4/c9-7-3-6(12-13-7)1-2-14-4-8(10)11-5-14/h3-5H,1-2H2,(H,12,13). The third-order valence-electron chi connectivity index (χ3n) is 1.84. The summed E-state index contributed by atoms with van der Waals surface area (Å²) < 4.78 is 4.12. The van der Waals surface area contributed by atoms with Crippen molar-refractivity contribution in [2.75, 3.05) is 0 Å². The van der Waals surface area contributed by atoms with E-state index in [1.54, 1.807) is 0 Å². The first-order valence-electron chi connectivity index (χ1n) is 4.11. The van der Waals surface area contributed by atoms with Gasteiger partial charge in [0.05, 0.1) is 6.33 Å². The number of halogens is 2. The van der Waals surface area contributed by atoms with Crippen molar-refractivity contribution in [3.05, 3.63) is 31.7 Å². The molecule has 0 unspecified atom stereocenters. The van der Waals surface area contributed by atoms with Crippen LogP contribution in [0.25, 0.3) is 0 Å². The summed E-state index contributed by atoms with van der Waals surface area (Å²) >= 11 is 4.40. The molecule has 4 nitrogen and oxygen atoms in total. The molecule has 2 aromatic rings. The van der Waals surface area contributed by atoms with Gasteiger partial charge >= 0.3 is 0 Å². The summed E-state index contributed by atoms with van der Waals surface area (Å²) in [6, 6.07) is 2.06. The zero-order valence-electron chi connectivity index (χ0n) is 7.24. The lowest BCUT2D eigenvalue weighted by atomic mass is 10.3. The normalized spacial score (nSPS) is 10.7. The lowest BCUT2D eigenvalue weighted by molar-refractivity contribution is 0.682. The van der Waals surface area contributed by atoms with Crippen molar-refractivity contribution in [2.24, 2.45) is 0 Å². The van der Waals surface area contributed by atoms with E-state index < -0.39 is 0 Å². The average molecular weight is 414 g/mol. The number of nitrogens with zero attached hydrogens (tertiary/aromatic N) is 3. The van der Waals surface area contributed by atoms with Crippen LogP contribution < -0.4 is 0 Å². The number of aromatic nitrogens is 4. The molecule has 0 saturated carbocycles. The first-order valence-corrected chi connectivity index (χ1v) is 6.27. The van der Waals surface area contributed by atoms with Crippen molar-refractivity contribution >= 4 is 45.2 Å². The Balaban J connectivity index is 1.94. The fraction of sp³-hybridized carbons (Fsp3) is 0.250. The number of H-pyrrole nitrogens is 1. The molecule has 0 saturated heterocycles. The van der Waals surface area contributed by atoms with Crippen molar-refractivity contribution in [3.63, 3.8) is 0 Å². The minimum absolute atomic E-state index is 0.939. The minimum atomic E-state index is 0.939. The van der Waals surface area contributed by atoms with E-state index in [1.165, 1.54) is 0 Å². The van der Waals surface area contributed by atoms with Gasteiger partial charge in [-0.3, -0.25) is 5.10 Å². The Bertz CT molecular complexity index is 380. The van der Waals surface area contributed by atoms with Crippen LogP contribution in [0.2, 0.25) is 0 Å². The molecule has 74 valence electrons. The molecule has 0 aliphatic carbocycles. The molecular formula is C8H8I2N4. The number of imidazole rings is 1. The van der Waals surface area contributed by atoms with E-state index in [2.05, 4.69) is 71.0 Å². The molecule has 2 rings (SSSR count). The highest BCUT2D eigenvalue weighted by atomic mass is 127. The van der Waals surface area contributed by atoms with Crippen LogP contribution >= 0.6 is 45.2 Å². The van der Waals surface area contributed by atoms with Gasteiger partial charge in [-0.15, -0.1) is 0 Å². The molecule has 2 aromatic heterocycles. The number of nitrogens with one attached hydrogen (secondary N) is 1. The maximum atomic E-state index is 4.16. The first kappa shape index (κ1) is 10.4. The van der Waals surface area contributed by atoms with Crippen LogP contribution in [0.5, 0.6) is 0 Å². The second kappa shape index (κ2) is 4.60. The zero-order chi connectivity index (χ0) is 9.97. The predicted octanol–water partition coefficient (Wildman–Crippen LogP) is 2.06. The quantitative estimate of drug-likeness (QED) is 0.783. The van der Waals surface area contributed by atoms with Crippen LogP contribution in [-0.2, 0) is 13.0 Å². The molecule has 1 N–H and O–H groups in total. The fourth-order valence-corrected chi connectivity index (χ4v) is 2.15. The van der Waals surface area contributed by atoms with Crippen LogP contribution in [0.3, 0.4) is 0 Å². The summed E-state index contributed by atoms with van der Waals surface area (Å²) in [7, 11) is 0. The molecule has 0 spiro atoms. The van der Waals surface area contributed by atoms with Gasteiger partial charge in [-0.25, -0.2) is 4.98 Å². The summed E-state index contributed by atoms with van der Waals surface area (Å²) in [6.07, 6.45) is 4.84. The van der Waals surface area contributed by atoms with Crippen molar-refractivity contribution < 1.29 is 0 Å². The fourth-order valence-electron chi connectivity index (χ4n) is 1.17. The number of rotatable bonds is 3. The Morgan fingerprint density at radius 3 is 2.79 bits per heavy atom. The SMILES string of the molecule is Ic1cn(CCc2cc(I)n[nH]2)cn1. The zero-order valence-corrected chi connectivity index (χ0v) is 11.6. The van der Waals surface area contributed by atoms with Gasteiger partial charge < -0.3 is 4.57 Å². The van der Waals surface area contributed by atoms with Gasteiger partial charge in [0.1, 0.15) is 7.40 Å². The van der Waals surface area contributed by atoms with Crippen LogP contribution in [0.4, 0.5) is 0 Å². The van der Waals surface area contributed by atoms with E-state index in [0.717, 1.165) is 26.1 Å². The third-order valence-corrected chi connectivity index (χ3v) is 2.95. The summed E-state index contributed by atoms with van der Waals surface area (Å²) in [5.74, 6) is 0. The second-order valence-corrected chi connectivity index (χ2v) is 5.11. The molecule has 0 fully saturated rings. The molecular weight excluding hydrogens is 406 g/mol. The van der Waals surface area contributed by atoms with Crippen molar-refractivity contribution in [3.8, 4) is 0 Å². The molecule has 2 heterocycles. The highest BCUT2D eigenvalue weighted by Crippen LogP contribution is 2.05. The number of hydrogen-bond donors (Lipinski definition) is 1. The second-order valence-electron chi connectivity index (χ2n) is 2.90. The Morgan fingerprint density at radius 2 is 2.21 bits per heavy atom. The molecule has 0 bridgehead atoms. The van der Waals surface area contributed by atoms with Crippen LogP contribution in [0, 0.1) is 7.40 Å². The van der Waals surface area contributed by atoms with E-state index in [9.17, 15) is 0 Å². The van der Waals surface area contributed by atoms with Crippen LogP contribution in [-0.4, -0.2) is 19.7 Å². The molecule has 0 radical (unpaired) electrons. The van der Waals surface area contributed by atoms with Crippen LogP contribution in [0.1, 0.15) is 5.69 Å². The number of hydrogen-bond acceptors (Lipinski definition) is 2. The van der Waals surface area contributed by atoms with Gasteiger partial charge in [0, 0.05) is 24.9 Å². The maximum Gasteiger partial charge on any atom is 0.123 e.